The van der Waals surface area contributed by atoms with E-state index in [1.165, 1.54) is 0 Å². The SMILES string of the molecule is COc1cc(B(O)O)ccc1O[Si](C)(C)C(C)(C)C. The molecule has 106 valence electrons. The van der Waals surface area contributed by atoms with Gasteiger partial charge in [0.15, 0.2) is 5.75 Å². The fourth-order valence-corrected chi connectivity index (χ4v) is 2.38. The van der Waals surface area contributed by atoms with Gasteiger partial charge in [-0.1, -0.05) is 26.8 Å². The number of ether oxygens (including phenoxy) is 1. The van der Waals surface area contributed by atoms with Gasteiger partial charge in [-0.25, -0.2) is 0 Å². The molecule has 0 atom stereocenters. The van der Waals surface area contributed by atoms with E-state index in [4.69, 9.17) is 19.2 Å². The summed E-state index contributed by atoms with van der Waals surface area (Å²) in [5.74, 6) is 1.17. The van der Waals surface area contributed by atoms with Gasteiger partial charge in [0.25, 0.3) is 8.32 Å². The molecule has 0 radical (unpaired) electrons. The van der Waals surface area contributed by atoms with Crippen molar-refractivity contribution in [1.29, 1.82) is 0 Å². The van der Waals surface area contributed by atoms with Crippen molar-refractivity contribution in [3.63, 3.8) is 0 Å². The van der Waals surface area contributed by atoms with Crippen molar-refractivity contribution < 1.29 is 19.2 Å². The Bertz CT molecular complexity index is 441. The Kier molecular flexibility index (Phi) is 4.71. The van der Waals surface area contributed by atoms with Gasteiger partial charge in [-0.3, -0.25) is 0 Å². The van der Waals surface area contributed by atoms with E-state index in [1.807, 2.05) is 0 Å². The number of methoxy groups -OCH3 is 1. The summed E-state index contributed by atoms with van der Waals surface area (Å²) in [6, 6.07) is 4.96. The molecule has 19 heavy (non-hydrogen) atoms. The average Bonchev–Trinajstić information content (AvgIpc) is 2.27. The zero-order valence-corrected chi connectivity index (χ0v) is 13.5. The largest absolute Gasteiger partial charge is 0.541 e. The van der Waals surface area contributed by atoms with Gasteiger partial charge in [-0.2, -0.15) is 0 Å². The average molecular weight is 282 g/mol. The molecular weight excluding hydrogens is 259 g/mol. The first-order chi connectivity index (χ1) is 8.58. The second-order valence-electron chi connectivity index (χ2n) is 6.15. The van der Waals surface area contributed by atoms with E-state index in [1.54, 1.807) is 25.3 Å². The fourth-order valence-electron chi connectivity index (χ4n) is 1.36. The molecule has 6 heteroatoms. The molecule has 0 amide bonds. The van der Waals surface area contributed by atoms with Crippen LogP contribution in [0.1, 0.15) is 20.8 Å². The monoisotopic (exact) mass is 282 g/mol. The topological polar surface area (TPSA) is 58.9 Å². The van der Waals surface area contributed by atoms with Crippen molar-refractivity contribution in [2.75, 3.05) is 7.11 Å². The van der Waals surface area contributed by atoms with Crippen LogP contribution in [0.2, 0.25) is 18.1 Å². The lowest BCUT2D eigenvalue weighted by Gasteiger charge is -2.36. The highest BCUT2D eigenvalue weighted by Crippen LogP contribution is 2.39. The third kappa shape index (κ3) is 3.75. The lowest BCUT2D eigenvalue weighted by Crippen LogP contribution is -2.44. The summed E-state index contributed by atoms with van der Waals surface area (Å²) in [6.07, 6.45) is 0. The van der Waals surface area contributed by atoms with Gasteiger partial charge in [-0.15, -0.1) is 0 Å². The Balaban J connectivity index is 3.09. The van der Waals surface area contributed by atoms with Crippen molar-refractivity contribution in [2.45, 2.75) is 38.9 Å². The standard InChI is InChI=1S/C13H23BO4Si/c1-13(2,3)19(5,6)18-11-8-7-10(14(15)16)9-12(11)17-4/h7-9,15-16H,1-6H3. The highest BCUT2D eigenvalue weighted by molar-refractivity contribution is 6.74. The molecule has 0 bridgehead atoms. The van der Waals surface area contributed by atoms with Crippen LogP contribution in [0.3, 0.4) is 0 Å². The van der Waals surface area contributed by atoms with Crippen LogP contribution in [-0.2, 0) is 0 Å². The molecule has 0 aliphatic heterocycles. The van der Waals surface area contributed by atoms with Crippen LogP contribution in [0, 0.1) is 0 Å². The van der Waals surface area contributed by atoms with Gasteiger partial charge in [0.2, 0.25) is 0 Å². The summed E-state index contributed by atoms with van der Waals surface area (Å²) in [6.45, 7) is 10.8. The molecule has 0 heterocycles. The van der Waals surface area contributed by atoms with Crippen molar-refractivity contribution in [1.82, 2.24) is 0 Å². The van der Waals surface area contributed by atoms with Crippen LogP contribution < -0.4 is 14.6 Å². The molecule has 4 nitrogen and oxygen atoms in total. The number of hydrogen-bond acceptors (Lipinski definition) is 4. The summed E-state index contributed by atoms with van der Waals surface area (Å²) < 4.78 is 11.4. The summed E-state index contributed by atoms with van der Waals surface area (Å²) >= 11 is 0. The minimum atomic E-state index is -1.94. The fraction of sp³-hybridized carbons (Fsp3) is 0.538. The van der Waals surface area contributed by atoms with Gasteiger partial charge in [-0.05, 0) is 35.7 Å². The van der Waals surface area contributed by atoms with Crippen molar-refractivity contribution in [3.05, 3.63) is 18.2 Å². The van der Waals surface area contributed by atoms with E-state index in [0.717, 1.165) is 0 Å². The Morgan fingerprint density at radius 2 is 1.68 bits per heavy atom. The Hall–Kier alpha value is -0.978. The van der Waals surface area contributed by atoms with Crippen LogP contribution >= 0.6 is 0 Å². The van der Waals surface area contributed by atoms with Gasteiger partial charge >= 0.3 is 7.12 Å². The number of benzene rings is 1. The minimum Gasteiger partial charge on any atom is -0.541 e. The molecule has 0 saturated heterocycles. The lowest BCUT2D eigenvalue weighted by molar-refractivity contribution is 0.385. The van der Waals surface area contributed by atoms with Crippen molar-refractivity contribution >= 4 is 20.9 Å². The molecule has 2 N–H and O–H groups in total. The minimum absolute atomic E-state index is 0.0905. The second-order valence-corrected chi connectivity index (χ2v) is 10.9. The van der Waals surface area contributed by atoms with Gasteiger partial charge in [0.05, 0.1) is 7.11 Å². The first-order valence-electron chi connectivity index (χ1n) is 6.31. The summed E-state index contributed by atoms with van der Waals surface area (Å²) in [5.41, 5.74) is 0.388. The molecule has 1 aromatic carbocycles. The molecule has 0 aliphatic carbocycles. The molecule has 0 aliphatic rings. The Morgan fingerprint density at radius 1 is 1.11 bits per heavy atom. The van der Waals surface area contributed by atoms with E-state index in [2.05, 4.69) is 33.9 Å². The molecule has 0 fully saturated rings. The summed E-state index contributed by atoms with van der Waals surface area (Å²) in [7, 11) is -1.90. The Morgan fingerprint density at radius 3 is 2.11 bits per heavy atom. The van der Waals surface area contributed by atoms with E-state index >= 15 is 0 Å². The molecule has 1 aromatic rings. The van der Waals surface area contributed by atoms with E-state index in [-0.39, 0.29) is 5.04 Å². The van der Waals surface area contributed by atoms with Crippen LogP contribution in [0.15, 0.2) is 18.2 Å². The lowest BCUT2D eigenvalue weighted by atomic mass is 9.80. The van der Waals surface area contributed by atoms with Crippen LogP contribution in [0.5, 0.6) is 11.5 Å². The van der Waals surface area contributed by atoms with Gasteiger partial charge < -0.3 is 19.2 Å². The van der Waals surface area contributed by atoms with Crippen molar-refractivity contribution in [2.24, 2.45) is 0 Å². The normalized spacial score (nSPS) is 12.2. The third-order valence-corrected chi connectivity index (χ3v) is 8.00. The molecule has 0 unspecified atom stereocenters. The molecule has 0 aromatic heterocycles. The molecular formula is C13H23BO4Si. The van der Waals surface area contributed by atoms with E-state index in [9.17, 15) is 0 Å². The zero-order chi connectivity index (χ0) is 14.8. The highest BCUT2D eigenvalue weighted by atomic mass is 28.4. The molecule has 1 rings (SSSR count). The maximum Gasteiger partial charge on any atom is 0.488 e. The first kappa shape index (κ1) is 16.1. The third-order valence-electron chi connectivity index (χ3n) is 3.66. The smallest absolute Gasteiger partial charge is 0.488 e. The quantitative estimate of drug-likeness (QED) is 0.826. The maximum absolute atomic E-state index is 9.16. The first-order valence-corrected chi connectivity index (χ1v) is 9.22. The maximum atomic E-state index is 9.16. The van der Waals surface area contributed by atoms with Gasteiger partial charge in [0, 0.05) is 0 Å². The Labute approximate surface area is 116 Å². The predicted molar refractivity (Wildman–Crippen MR) is 80.6 cm³/mol. The zero-order valence-electron chi connectivity index (χ0n) is 12.5. The van der Waals surface area contributed by atoms with Crippen molar-refractivity contribution in [3.8, 4) is 11.5 Å². The van der Waals surface area contributed by atoms with Gasteiger partial charge in [0.1, 0.15) is 5.75 Å². The van der Waals surface area contributed by atoms with Crippen LogP contribution in [-0.4, -0.2) is 32.6 Å². The van der Waals surface area contributed by atoms with E-state index < -0.39 is 15.4 Å². The summed E-state index contributed by atoms with van der Waals surface area (Å²) in [5, 5.41) is 18.4. The number of rotatable bonds is 4. The molecule has 0 spiro atoms. The summed E-state index contributed by atoms with van der Waals surface area (Å²) in [4.78, 5) is 0. The predicted octanol–water partition coefficient (Wildman–Crippen LogP) is 1.76. The second kappa shape index (κ2) is 5.56. The van der Waals surface area contributed by atoms with Crippen LogP contribution in [0.25, 0.3) is 0 Å². The van der Waals surface area contributed by atoms with E-state index in [0.29, 0.717) is 17.0 Å². The molecule has 0 saturated carbocycles. The highest BCUT2D eigenvalue weighted by Gasteiger charge is 2.39. The van der Waals surface area contributed by atoms with Crippen LogP contribution in [0.4, 0.5) is 0 Å². The number of hydrogen-bond donors (Lipinski definition) is 2.